The fourth-order valence-corrected chi connectivity index (χ4v) is 3.00. The molecule has 0 unspecified atom stereocenters. The van der Waals surface area contributed by atoms with Crippen molar-refractivity contribution in [1.82, 2.24) is 15.3 Å². The summed E-state index contributed by atoms with van der Waals surface area (Å²) in [5.41, 5.74) is 3.68. The zero-order valence-corrected chi connectivity index (χ0v) is 18.2. The van der Waals surface area contributed by atoms with Crippen LogP contribution in [0.1, 0.15) is 74.0 Å². The lowest BCUT2D eigenvalue weighted by Crippen LogP contribution is -2.24. The van der Waals surface area contributed by atoms with Gasteiger partial charge in [-0.3, -0.25) is 9.78 Å². The summed E-state index contributed by atoms with van der Waals surface area (Å²) in [4.78, 5) is 20.4. The minimum Gasteiger partial charge on any atom is -0.347 e. The zero-order chi connectivity index (χ0) is 21.4. The molecule has 1 amide bonds. The molecule has 30 heavy (non-hydrogen) atoms. The molecule has 2 aromatic rings. The van der Waals surface area contributed by atoms with E-state index in [1.54, 1.807) is 6.20 Å². The maximum Gasteiger partial charge on any atom is 0.271 e. The van der Waals surface area contributed by atoms with Crippen LogP contribution < -0.4 is 5.32 Å². The van der Waals surface area contributed by atoms with Gasteiger partial charge in [0.1, 0.15) is 5.69 Å². The van der Waals surface area contributed by atoms with Gasteiger partial charge in [0.2, 0.25) is 0 Å². The van der Waals surface area contributed by atoms with E-state index in [0.717, 1.165) is 29.5 Å². The lowest BCUT2D eigenvalue weighted by molar-refractivity contribution is 0.0945. The predicted molar refractivity (Wildman–Crippen MR) is 125 cm³/mol. The first kappa shape index (κ1) is 23.3. The summed E-state index contributed by atoms with van der Waals surface area (Å²) < 4.78 is 0. The molecule has 2 rings (SSSR count). The Bertz CT molecular complexity index is 854. The van der Waals surface area contributed by atoms with E-state index < -0.39 is 0 Å². The second-order valence-electron chi connectivity index (χ2n) is 7.17. The van der Waals surface area contributed by atoms with Crippen LogP contribution in [0.2, 0.25) is 0 Å². The predicted octanol–water partition coefficient (Wildman–Crippen LogP) is 6.28. The normalized spacial score (nSPS) is 12.0. The number of unbranched alkanes of at least 4 members (excludes halogenated alkanes) is 4. The highest BCUT2D eigenvalue weighted by Crippen LogP contribution is 2.22. The Kier molecular flexibility index (Phi) is 10.9. The van der Waals surface area contributed by atoms with Crippen LogP contribution in [-0.2, 0) is 6.54 Å². The van der Waals surface area contributed by atoms with E-state index in [2.05, 4.69) is 71.6 Å². The Labute approximate surface area is 180 Å². The molecule has 0 aliphatic carbocycles. The van der Waals surface area contributed by atoms with E-state index in [4.69, 9.17) is 0 Å². The molecule has 0 atom stereocenters. The Hall–Kier alpha value is -3.01. The molecule has 0 saturated heterocycles. The number of allylic oxidation sites excluding steroid dienone is 6. The molecule has 0 saturated carbocycles. The summed E-state index contributed by atoms with van der Waals surface area (Å²) in [7, 11) is 0. The number of rotatable bonds is 12. The number of aromatic nitrogens is 2. The van der Waals surface area contributed by atoms with Crippen LogP contribution in [-0.4, -0.2) is 15.9 Å². The van der Waals surface area contributed by atoms with Crippen molar-refractivity contribution in [2.45, 2.75) is 58.9 Å². The number of nitrogens with one attached hydrogen (secondary N) is 1. The molecule has 1 aromatic heterocycles. The molecule has 0 spiro atoms. The Morgan fingerprint density at radius 1 is 1.03 bits per heavy atom. The van der Waals surface area contributed by atoms with Gasteiger partial charge in [0.05, 0.1) is 6.20 Å². The highest BCUT2D eigenvalue weighted by molar-refractivity contribution is 5.92. The van der Waals surface area contributed by atoms with Gasteiger partial charge in [-0.05, 0) is 29.5 Å². The molecule has 0 aliphatic heterocycles. The van der Waals surface area contributed by atoms with Gasteiger partial charge < -0.3 is 5.32 Å². The number of amides is 1. The highest BCUT2D eigenvalue weighted by Gasteiger charge is 2.09. The van der Waals surface area contributed by atoms with Crippen LogP contribution in [0.4, 0.5) is 0 Å². The monoisotopic (exact) mass is 403 g/mol. The summed E-state index contributed by atoms with van der Waals surface area (Å²) in [6.07, 6.45) is 22.5. The molecule has 158 valence electrons. The largest absolute Gasteiger partial charge is 0.347 e. The molecule has 4 heteroatoms. The van der Waals surface area contributed by atoms with E-state index >= 15 is 0 Å². The first-order valence-corrected chi connectivity index (χ1v) is 10.9. The number of hydrogen-bond acceptors (Lipinski definition) is 3. The van der Waals surface area contributed by atoms with Crippen molar-refractivity contribution in [2.75, 3.05) is 0 Å². The number of carbonyl (C=O) groups excluding carboxylic acids is 1. The minimum atomic E-state index is -0.221. The highest BCUT2D eigenvalue weighted by atomic mass is 16.1. The van der Waals surface area contributed by atoms with Crippen molar-refractivity contribution in [2.24, 2.45) is 0 Å². The van der Waals surface area contributed by atoms with Gasteiger partial charge in [0, 0.05) is 18.9 Å². The maximum absolute atomic E-state index is 12.4. The molecule has 1 heterocycles. The van der Waals surface area contributed by atoms with Crippen molar-refractivity contribution in [1.29, 1.82) is 0 Å². The van der Waals surface area contributed by atoms with E-state index in [1.165, 1.54) is 38.1 Å². The fourth-order valence-electron chi connectivity index (χ4n) is 3.00. The number of nitrogens with zero attached hydrogens (tertiary/aromatic N) is 2. The number of carbonyl (C=O) groups is 1. The number of benzene rings is 1. The van der Waals surface area contributed by atoms with Gasteiger partial charge in [0.15, 0.2) is 0 Å². The van der Waals surface area contributed by atoms with Crippen molar-refractivity contribution in [3.63, 3.8) is 0 Å². The lowest BCUT2D eigenvalue weighted by Gasteiger charge is -2.11. The van der Waals surface area contributed by atoms with Gasteiger partial charge in [-0.2, -0.15) is 0 Å². The second-order valence-corrected chi connectivity index (χ2v) is 7.17. The molecule has 0 bridgehead atoms. The topological polar surface area (TPSA) is 54.9 Å². The third-order valence-electron chi connectivity index (χ3n) is 4.72. The second kappa shape index (κ2) is 14.0. The Morgan fingerprint density at radius 3 is 2.53 bits per heavy atom. The van der Waals surface area contributed by atoms with Crippen molar-refractivity contribution >= 4 is 11.5 Å². The van der Waals surface area contributed by atoms with Crippen molar-refractivity contribution in [3.8, 4) is 0 Å². The summed E-state index contributed by atoms with van der Waals surface area (Å²) in [5.74, 6) is -0.221. The molecule has 0 radical (unpaired) electrons. The molecule has 4 nitrogen and oxygen atoms in total. The van der Waals surface area contributed by atoms with Crippen LogP contribution in [0, 0.1) is 0 Å². The fraction of sp³-hybridized carbons (Fsp3) is 0.346. The van der Waals surface area contributed by atoms with Crippen LogP contribution in [0.15, 0.2) is 73.2 Å². The average Bonchev–Trinajstić information content (AvgIpc) is 2.79. The minimum absolute atomic E-state index is 0.221. The smallest absolute Gasteiger partial charge is 0.271 e. The average molecular weight is 404 g/mol. The lowest BCUT2D eigenvalue weighted by atomic mass is 9.98. The molecule has 0 fully saturated rings. The van der Waals surface area contributed by atoms with Crippen LogP contribution in [0.25, 0.3) is 5.57 Å². The first-order chi connectivity index (χ1) is 14.8. The van der Waals surface area contributed by atoms with Crippen molar-refractivity contribution < 1.29 is 4.79 Å². The van der Waals surface area contributed by atoms with Gasteiger partial charge in [-0.15, -0.1) is 0 Å². The summed E-state index contributed by atoms with van der Waals surface area (Å²) in [5, 5.41) is 2.96. The Morgan fingerprint density at radius 2 is 1.80 bits per heavy atom. The van der Waals surface area contributed by atoms with E-state index in [-0.39, 0.29) is 5.91 Å². The van der Waals surface area contributed by atoms with Crippen LogP contribution >= 0.6 is 0 Å². The van der Waals surface area contributed by atoms with Crippen LogP contribution in [0.3, 0.4) is 0 Å². The van der Waals surface area contributed by atoms with E-state index in [1.807, 2.05) is 12.1 Å². The Balaban J connectivity index is 2.18. The zero-order valence-electron chi connectivity index (χ0n) is 18.2. The van der Waals surface area contributed by atoms with Gasteiger partial charge in [0.25, 0.3) is 5.91 Å². The summed E-state index contributed by atoms with van der Waals surface area (Å²) in [6.45, 7) is 4.85. The van der Waals surface area contributed by atoms with Crippen molar-refractivity contribution in [3.05, 3.63) is 90.1 Å². The first-order valence-electron chi connectivity index (χ1n) is 10.9. The third-order valence-corrected chi connectivity index (χ3v) is 4.72. The third kappa shape index (κ3) is 8.16. The number of hydrogen-bond donors (Lipinski definition) is 1. The summed E-state index contributed by atoms with van der Waals surface area (Å²) >= 11 is 0. The quantitative estimate of drug-likeness (QED) is 0.335. The summed E-state index contributed by atoms with van der Waals surface area (Å²) in [6, 6.07) is 8.21. The molecule has 1 N–H and O–H groups in total. The van der Waals surface area contributed by atoms with E-state index in [0.29, 0.717) is 12.2 Å². The van der Waals surface area contributed by atoms with E-state index in [9.17, 15) is 4.79 Å². The molecular weight excluding hydrogens is 370 g/mol. The van der Waals surface area contributed by atoms with Crippen LogP contribution in [0.5, 0.6) is 0 Å². The molecule has 1 aromatic carbocycles. The van der Waals surface area contributed by atoms with Gasteiger partial charge in [-0.1, -0.05) is 94.2 Å². The maximum atomic E-state index is 12.4. The molecular formula is C26H33N3O. The SMILES string of the molecule is CCCC/C=C/C=C(/C=C/CCCC)c1ccccc1CNC(=O)c1cnccn1. The van der Waals surface area contributed by atoms with Gasteiger partial charge in [-0.25, -0.2) is 4.98 Å². The standard InChI is InChI=1S/C26H33N3O/c1-3-5-7-9-11-15-22(14-10-8-6-4-2)24-17-13-12-16-23(24)20-29-26(30)25-21-27-18-19-28-25/h9-19,21H,3-8,20H2,1-2H3,(H,29,30)/b11-9+,14-10+,22-15-. The van der Waals surface area contributed by atoms with Gasteiger partial charge >= 0.3 is 0 Å². The molecule has 0 aliphatic rings.